The van der Waals surface area contributed by atoms with Gasteiger partial charge in [-0.25, -0.2) is 0 Å². The number of hydrogen-bond donors (Lipinski definition) is 2. The van der Waals surface area contributed by atoms with Gasteiger partial charge in [-0.05, 0) is 24.2 Å². The lowest BCUT2D eigenvalue weighted by molar-refractivity contribution is -0.129. The molecule has 2 heterocycles. The number of Topliss-reactive ketones (excluding diaryl/α,β-unsaturated/α-hetero) is 1. The number of nitrogens with zero attached hydrogens (tertiary/aromatic N) is 1. The van der Waals surface area contributed by atoms with E-state index in [0.717, 1.165) is 30.6 Å². The van der Waals surface area contributed by atoms with Crippen LogP contribution in [0.4, 0.5) is 11.4 Å². The predicted octanol–water partition coefficient (Wildman–Crippen LogP) is 3.29. The summed E-state index contributed by atoms with van der Waals surface area (Å²) in [5.74, 6) is 0.900. The molecule has 0 amide bonds. The molecule has 5 heteroatoms. The van der Waals surface area contributed by atoms with Crippen LogP contribution in [0, 0.1) is 16.7 Å². The molecule has 0 spiro atoms. The van der Waals surface area contributed by atoms with E-state index < -0.39 is 0 Å². The van der Waals surface area contributed by atoms with Crippen molar-refractivity contribution in [2.75, 3.05) is 10.6 Å². The van der Waals surface area contributed by atoms with Gasteiger partial charge in [0.25, 0.3) is 0 Å². The largest absolute Gasteiger partial charge is 0.362 e. The van der Waals surface area contributed by atoms with E-state index in [-0.39, 0.29) is 17.0 Å². The summed E-state index contributed by atoms with van der Waals surface area (Å²) in [6.07, 6.45) is 6.13. The van der Waals surface area contributed by atoms with Gasteiger partial charge in [-0.1, -0.05) is 25.4 Å². The molecule has 0 aromatic carbocycles. The van der Waals surface area contributed by atoms with Crippen molar-refractivity contribution in [3.8, 4) is 0 Å². The second kappa shape index (κ2) is 3.67. The Bertz CT molecular complexity index is 615. The summed E-state index contributed by atoms with van der Waals surface area (Å²) in [4.78, 5) is 16.8. The smallest absolute Gasteiger partial charge is 0.143 e. The maximum Gasteiger partial charge on any atom is 0.143 e. The summed E-state index contributed by atoms with van der Waals surface area (Å²) in [6, 6.07) is 0. The Morgan fingerprint density at radius 2 is 2.15 bits per heavy atom. The van der Waals surface area contributed by atoms with Gasteiger partial charge in [0.05, 0.1) is 28.0 Å². The lowest BCUT2D eigenvalue weighted by Gasteiger charge is -2.41. The average Bonchev–Trinajstić information content (AvgIpc) is 2.98. The fourth-order valence-corrected chi connectivity index (χ4v) is 4.87. The minimum absolute atomic E-state index is 0.0245. The van der Waals surface area contributed by atoms with Crippen LogP contribution in [0.15, 0.2) is 12.4 Å². The standard InChI is InChI=1S/C15H18ClN3O/c1-14(2)8-3-4-15(14,11(20)5-8)13-18-10-7-17-6-9(16)12(10)19-13/h6-8,13,18-19H,3-5H2,1-2H3. The number of carbonyl (C=O) groups excluding carboxylic acids is 1. The van der Waals surface area contributed by atoms with E-state index in [1.807, 2.05) is 0 Å². The number of hydrogen-bond acceptors (Lipinski definition) is 4. The van der Waals surface area contributed by atoms with Crippen molar-refractivity contribution in [2.45, 2.75) is 39.3 Å². The van der Waals surface area contributed by atoms with Crippen molar-refractivity contribution in [1.82, 2.24) is 4.98 Å². The maximum atomic E-state index is 12.7. The predicted molar refractivity (Wildman–Crippen MR) is 78.8 cm³/mol. The Balaban J connectivity index is 1.77. The number of nitrogens with one attached hydrogen (secondary N) is 2. The molecule has 3 aliphatic rings. The zero-order valence-electron chi connectivity index (χ0n) is 11.7. The van der Waals surface area contributed by atoms with Crippen molar-refractivity contribution in [2.24, 2.45) is 16.7 Å². The fourth-order valence-electron chi connectivity index (χ4n) is 4.66. The number of carbonyl (C=O) groups is 1. The summed E-state index contributed by atoms with van der Waals surface area (Å²) in [5.41, 5.74) is 1.47. The fraction of sp³-hybridized carbons (Fsp3) is 0.600. The van der Waals surface area contributed by atoms with E-state index in [9.17, 15) is 4.79 Å². The highest BCUT2D eigenvalue weighted by atomic mass is 35.5. The highest BCUT2D eigenvalue weighted by Crippen LogP contribution is 2.66. The minimum Gasteiger partial charge on any atom is -0.362 e. The van der Waals surface area contributed by atoms with Crippen LogP contribution in [0.3, 0.4) is 0 Å². The first-order valence-electron chi connectivity index (χ1n) is 7.17. The lowest BCUT2D eigenvalue weighted by atomic mass is 9.67. The summed E-state index contributed by atoms with van der Waals surface area (Å²) < 4.78 is 0. The van der Waals surface area contributed by atoms with Crippen LogP contribution in [0.2, 0.25) is 5.02 Å². The third kappa shape index (κ3) is 1.24. The molecule has 2 aliphatic carbocycles. The molecule has 1 aliphatic heterocycles. The number of rotatable bonds is 1. The quantitative estimate of drug-likeness (QED) is 0.833. The molecule has 2 fully saturated rings. The molecule has 2 N–H and O–H groups in total. The van der Waals surface area contributed by atoms with Crippen LogP contribution in [0.1, 0.15) is 33.1 Å². The molecule has 3 unspecified atom stereocenters. The molecule has 1 aromatic heterocycles. The zero-order valence-corrected chi connectivity index (χ0v) is 12.4. The van der Waals surface area contributed by atoms with Gasteiger partial charge in [-0.2, -0.15) is 0 Å². The van der Waals surface area contributed by atoms with E-state index in [1.54, 1.807) is 12.4 Å². The minimum atomic E-state index is -0.333. The number of pyridine rings is 1. The van der Waals surface area contributed by atoms with Gasteiger partial charge in [0, 0.05) is 12.6 Å². The van der Waals surface area contributed by atoms with E-state index in [0.29, 0.717) is 16.7 Å². The normalized spacial score (nSPS) is 36.6. The molecular weight excluding hydrogens is 274 g/mol. The molecule has 4 nitrogen and oxygen atoms in total. The molecule has 2 bridgehead atoms. The summed E-state index contributed by atoms with van der Waals surface area (Å²) in [5, 5.41) is 7.49. The van der Waals surface area contributed by atoms with Crippen LogP contribution in [-0.4, -0.2) is 16.9 Å². The number of anilines is 2. The van der Waals surface area contributed by atoms with Crippen LogP contribution in [0.5, 0.6) is 0 Å². The van der Waals surface area contributed by atoms with Gasteiger partial charge in [0.2, 0.25) is 0 Å². The SMILES string of the molecule is CC1(C)C2CCC1(C1Nc3cncc(Cl)c3N1)C(=O)C2. The monoisotopic (exact) mass is 291 g/mol. The van der Waals surface area contributed by atoms with Crippen molar-refractivity contribution in [3.05, 3.63) is 17.4 Å². The first-order valence-corrected chi connectivity index (χ1v) is 7.54. The second-order valence-electron chi connectivity index (χ2n) is 6.82. The highest BCUT2D eigenvalue weighted by Gasteiger charge is 2.68. The van der Waals surface area contributed by atoms with Gasteiger partial charge in [-0.15, -0.1) is 0 Å². The van der Waals surface area contributed by atoms with Gasteiger partial charge >= 0.3 is 0 Å². The van der Waals surface area contributed by atoms with E-state index >= 15 is 0 Å². The van der Waals surface area contributed by atoms with Crippen molar-refractivity contribution < 1.29 is 4.79 Å². The Labute approximate surface area is 123 Å². The van der Waals surface area contributed by atoms with Crippen LogP contribution in [0.25, 0.3) is 0 Å². The van der Waals surface area contributed by atoms with Crippen LogP contribution in [-0.2, 0) is 4.79 Å². The average molecular weight is 292 g/mol. The zero-order chi connectivity index (χ0) is 14.1. The van der Waals surface area contributed by atoms with E-state index in [2.05, 4.69) is 29.5 Å². The summed E-state index contributed by atoms with van der Waals surface area (Å²) in [7, 11) is 0. The summed E-state index contributed by atoms with van der Waals surface area (Å²) in [6.45, 7) is 4.48. The van der Waals surface area contributed by atoms with Gasteiger partial charge in [0.15, 0.2) is 0 Å². The van der Waals surface area contributed by atoms with Gasteiger partial charge in [-0.3, -0.25) is 9.78 Å². The second-order valence-corrected chi connectivity index (χ2v) is 7.23. The van der Waals surface area contributed by atoms with Crippen LogP contribution < -0.4 is 10.6 Å². The highest BCUT2D eigenvalue weighted by molar-refractivity contribution is 6.34. The number of halogens is 1. The molecule has 0 saturated heterocycles. The van der Waals surface area contributed by atoms with E-state index in [1.165, 1.54) is 0 Å². The molecule has 0 radical (unpaired) electrons. The summed E-state index contributed by atoms with van der Waals surface area (Å²) >= 11 is 6.20. The topological polar surface area (TPSA) is 54.0 Å². The Morgan fingerprint density at radius 1 is 1.35 bits per heavy atom. The Kier molecular flexibility index (Phi) is 2.28. The Hall–Kier alpha value is -1.29. The molecule has 2 saturated carbocycles. The van der Waals surface area contributed by atoms with Crippen molar-refractivity contribution >= 4 is 28.8 Å². The lowest BCUT2D eigenvalue weighted by Crippen LogP contribution is -2.51. The molecular formula is C15H18ClN3O. The number of ketones is 1. The molecule has 3 atom stereocenters. The van der Waals surface area contributed by atoms with Crippen LogP contribution >= 0.6 is 11.6 Å². The van der Waals surface area contributed by atoms with Gasteiger partial charge < -0.3 is 10.6 Å². The maximum absolute atomic E-state index is 12.7. The molecule has 4 rings (SSSR count). The van der Waals surface area contributed by atoms with Gasteiger partial charge in [0.1, 0.15) is 11.9 Å². The number of fused-ring (bicyclic) bond motifs is 3. The molecule has 1 aromatic rings. The van der Waals surface area contributed by atoms with Crippen molar-refractivity contribution in [3.63, 3.8) is 0 Å². The van der Waals surface area contributed by atoms with Crippen molar-refractivity contribution in [1.29, 1.82) is 0 Å². The number of aromatic nitrogens is 1. The molecule has 20 heavy (non-hydrogen) atoms. The third-order valence-electron chi connectivity index (χ3n) is 5.97. The Morgan fingerprint density at radius 3 is 2.75 bits per heavy atom. The van der Waals surface area contributed by atoms with E-state index in [4.69, 9.17) is 11.6 Å². The third-order valence-corrected chi connectivity index (χ3v) is 6.25. The first-order chi connectivity index (χ1) is 9.47. The first kappa shape index (κ1) is 12.5. The molecule has 106 valence electrons.